The number of ether oxygens (including phenoxy) is 10. The van der Waals surface area contributed by atoms with Crippen LogP contribution in [0.15, 0.2) is 93.4 Å². The van der Waals surface area contributed by atoms with Crippen molar-refractivity contribution in [3.05, 3.63) is 105 Å². The fraction of sp³-hybridized carbons (Fsp3) is 0.791. The number of unbranched alkanes of at least 4 members (excludes halogenated alkanes) is 18. The van der Waals surface area contributed by atoms with E-state index in [1.165, 1.54) is 0 Å². The summed E-state index contributed by atoms with van der Waals surface area (Å²) in [6.07, 6.45) is -34.6. The van der Waals surface area contributed by atoms with Crippen molar-refractivity contribution in [1.29, 1.82) is 0 Å². The van der Waals surface area contributed by atoms with E-state index in [9.17, 15) is 174 Å². The zero-order valence-electron chi connectivity index (χ0n) is 74.0. The Labute approximate surface area is 755 Å². The quantitative estimate of drug-likeness (QED) is 0.0249. The number of aliphatic hydroxyl groups is 34. The number of aliphatic hydroxyl groups excluding tert-OH is 34. The Kier molecular flexibility index (Phi) is 57.6. The van der Waals surface area contributed by atoms with E-state index in [1.807, 2.05) is 0 Å². The van der Waals surface area contributed by atoms with Crippen LogP contribution in [0.4, 0.5) is 0 Å². The minimum absolute atomic E-state index is 0.0137. The minimum atomic E-state index is -2.61. The molecule has 44 nitrogen and oxygen atoms in total. The van der Waals surface area contributed by atoms with E-state index in [-0.39, 0.29) is 32.1 Å². The molecule has 0 spiro atoms. The Hall–Kier alpha value is -6.02. The summed E-state index contributed by atoms with van der Waals surface area (Å²) >= 11 is 0. The van der Waals surface area contributed by atoms with E-state index >= 15 is 0 Å². The maximum atomic E-state index is 11.8. The second-order valence-electron chi connectivity index (χ2n) is 33.0. The number of hydrogen-bond acceptors (Lipinski definition) is 44. The summed E-state index contributed by atoms with van der Waals surface area (Å²) in [5, 5.41) is 364. The van der Waals surface area contributed by atoms with Crippen LogP contribution >= 0.6 is 0 Å². The molecular weight excluding hydrogens is 1740 g/mol. The molecule has 8 unspecified atom stereocenters. The van der Waals surface area contributed by atoms with Gasteiger partial charge < -0.3 is 221 Å². The molecule has 24 atom stereocenters. The molecule has 0 aromatic heterocycles. The average Bonchev–Trinajstić information content (AvgIpc) is 0.802. The van der Waals surface area contributed by atoms with Gasteiger partial charge in [0.25, 0.3) is 0 Å². The van der Waals surface area contributed by atoms with Crippen molar-refractivity contribution < 1.29 is 221 Å². The summed E-state index contributed by atoms with van der Waals surface area (Å²) in [5.41, 5.74) is -2.53. The predicted molar refractivity (Wildman–Crippen MR) is 454 cm³/mol. The van der Waals surface area contributed by atoms with Crippen LogP contribution in [0.5, 0.6) is 0 Å². The van der Waals surface area contributed by atoms with Gasteiger partial charge in [-0.1, -0.05) is 167 Å². The van der Waals surface area contributed by atoms with Gasteiger partial charge in [0.05, 0.1) is 39.6 Å². The first kappa shape index (κ1) is 118. The zero-order chi connectivity index (χ0) is 97.4. The molecule has 0 bridgehead atoms. The Balaban J connectivity index is 2.47. The predicted octanol–water partition coefficient (Wildman–Crippen LogP) is 1.47. The van der Waals surface area contributed by atoms with Crippen LogP contribution < -0.4 is 0 Å². The molecule has 1 aromatic carbocycles. The maximum Gasteiger partial charge on any atom is 0.218 e. The van der Waals surface area contributed by atoms with Crippen LogP contribution in [0, 0.1) is 10.8 Å². The molecule has 758 valence electrons. The van der Waals surface area contributed by atoms with E-state index in [1.54, 1.807) is 24.3 Å². The molecular formula is C86H150O44. The van der Waals surface area contributed by atoms with Crippen molar-refractivity contribution in [2.45, 2.75) is 342 Å². The molecule has 44 heteroatoms. The van der Waals surface area contributed by atoms with Crippen LogP contribution in [-0.4, -0.2) is 389 Å². The standard InChI is InChI=1S/C86H150O44/c1-3-5-7-9-11-13-15-17-19-21-33-85(45-121-77(115)71(110)62(101)54(30-38-90)125-80(118)68(107)59(98)51(95)27-35-87,46-122-79(117)73(112)64(103)56(32-40-92)127-84-74(113)66(105)65(104)57(43-93)128-84)41-49-23-25-50(26-24-49)42-86(34-22-20-18-16-14-12-10-8-6-4-2,47-123-78(116)72(111)63(102)55(31-39-91)126-81(119)69(108)60(99)52(96)28-36-88)48-124-83-75(114)67(106)76(58(44-94)129-83)130-82(120)70(109)61(100)53(97)29-37-89/h23-26,51-58,65-67,74-84,87-120H,3-22,27-48H2,1-2H3/b68-59-,69-60-,70-61-,71-62+,72-63-,73-64+/t51-,52-,53-,54-,55-,56-,57?,58?,65-,66?,67?,74?,75?,76-,77+,78+,79+,80-,81-,82-,83-,84+,85?,86?/m1/s1. The lowest BCUT2D eigenvalue weighted by atomic mass is 9.76. The lowest BCUT2D eigenvalue weighted by molar-refractivity contribution is -0.327. The highest BCUT2D eigenvalue weighted by Crippen LogP contribution is 2.39. The SMILES string of the molecule is CCCCCCCCCCCCC(CO[C@@H]1OC(CO)[C@@H](O[C@@H](O)/C(O)=C(/O)[C@H](O)CCO)C(O)C1O)(CO[C@H](O)/C(O)=C(/O)[C@@H](CCO)O[C@@H](O)/C(O)=C(/O)[C@H](O)CCO)Cc1ccc(CC(CCCCCCCCCCCC)(CO[C@H](O)/C(O)=C(\O)[C@@H](CCO)O[C@H]2OC(CO)[C@@H](O)C(O)C2O)CO[C@H](O)/C(O)=C(\O)[C@@H](CCO)O[C@@H](O)/C(O)=C(/O)[C@H](O)CCO)cc1. The summed E-state index contributed by atoms with van der Waals surface area (Å²) in [5.74, 6) is -16.2. The summed E-state index contributed by atoms with van der Waals surface area (Å²) in [6, 6.07) is 6.29. The van der Waals surface area contributed by atoms with Crippen LogP contribution in [-0.2, 0) is 60.2 Å². The first-order valence-corrected chi connectivity index (χ1v) is 44.4. The fourth-order valence-electron chi connectivity index (χ4n) is 14.7. The fourth-order valence-corrected chi connectivity index (χ4v) is 14.7. The highest BCUT2D eigenvalue weighted by molar-refractivity contribution is 5.26. The van der Waals surface area contributed by atoms with Crippen LogP contribution in [0.25, 0.3) is 0 Å². The molecule has 0 aliphatic carbocycles. The molecule has 2 saturated heterocycles. The molecule has 1 aromatic rings. The Morgan fingerprint density at radius 1 is 0.308 bits per heavy atom. The molecule has 2 aliphatic heterocycles. The number of benzene rings is 1. The van der Waals surface area contributed by atoms with Gasteiger partial charge in [-0.2, -0.15) is 0 Å². The second-order valence-corrected chi connectivity index (χ2v) is 33.0. The van der Waals surface area contributed by atoms with Gasteiger partial charge in [0, 0.05) is 89.0 Å². The number of rotatable bonds is 72. The molecule has 3 rings (SSSR count). The van der Waals surface area contributed by atoms with Crippen molar-refractivity contribution in [2.24, 2.45) is 10.8 Å². The topological polar surface area (TPSA) is 780 Å². The third kappa shape index (κ3) is 39.0. The minimum Gasteiger partial charge on any atom is -0.506 e. The molecule has 130 heavy (non-hydrogen) atoms. The Morgan fingerprint density at radius 2 is 0.608 bits per heavy atom. The molecule has 0 amide bonds. The van der Waals surface area contributed by atoms with Crippen molar-refractivity contribution in [2.75, 3.05) is 79.3 Å². The summed E-state index contributed by atoms with van der Waals surface area (Å²) in [4.78, 5) is 0. The van der Waals surface area contributed by atoms with E-state index in [2.05, 4.69) is 13.8 Å². The monoisotopic (exact) mass is 1890 g/mol. The second kappa shape index (κ2) is 63.3. The highest BCUT2D eigenvalue weighted by Gasteiger charge is 2.50. The van der Waals surface area contributed by atoms with Gasteiger partial charge in [-0.3, -0.25) is 0 Å². The molecule has 0 radical (unpaired) electrons. The highest BCUT2D eigenvalue weighted by atomic mass is 16.7. The third-order valence-corrected chi connectivity index (χ3v) is 22.6. The van der Waals surface area contributed by atoms with Gasteiger partial charge in [0.1, 0.15) is 85.5 Å². The van der Waals surface area contributed by atoms with Gasteiger partial charge in [-0.15, -0.1) is 0 Å². The largest absolute Gasteiger partial charge is 0.506 e. The lowest BCUT2D eigenvalue weighted by Crippen LogP contribution is -2.61. The van der Waals surface area contributed by atoms with Crippen molar-refractivity contribution in [3.8, 4) is 0 Å². The smallest absolute Gasteiger partial charge is 0.218 e. The van der Waals surface area contributed by atoms with Crippen molar-refractivity contribution >= 4 is 0 Å². The van der Waals surface area contributed by atoms with E-state index in [0.717, 1.165) is 89.9 Å². The summed E-state index contributed by atoms with van der Waals surface area (Å²) in [7, 11) is 0. The van der Waals surface area contributed by atoms with Crippen molar-refractivity contribution in [1.82, 2.24) is 0 Å². The van der Waals surface area contributed by atoms with Crippen molar-refractivity contribution in [3.63, 3.8) is 0 Å². The third-order valence-electron chi connectivity index (χ3n) is 22.6. The molecule has 2 aliphatic rings. The van der Waals surface area contributed by atoms with Crippen LogP contribution in [0.1, 0.15) is 205 Å². The van der Waals surface area contributed by atoms with Crippen LogP contribution in [0.2, 0.25) is 0 Å². The van der Waals surface area contributed by atoms with Crippen LogP contribution in [0.3, 0.4) is 0 Å². The summed E-state index contributed by atoms with van der Waals surface area (Å²) < 4.78 is 57.3. The first-order chi connectivity index (χ1) is 61.8. The van der Waals surface area contributed by atoms with E-state index < -0.39 is 334 Å². The van der Waals surface area contributed by atoms with Gasteiger partial charge in [-0.05, 0) is 36.8 Å². The van der Waals surface area contributed by atoms with E-state index in [4.69, 9.17) is 47.4 Å². The average molecular weight is 1890 g/mol. The van der Waals surface area contributed by atoms with Gasteiger partial charge in [0.2, 0.25) is 37.7 Å². The zero-order valence-corrected chi connectivity index (χ0v) is 74.0. The molecule has 0 saturated carbocycles. The maximum absolute atomic E-state index is 11.8. The lowest BCUT2D eigenvalue weighted by Gasteiger charge is -2.43. The Bertz CT molecular complexity index is 3420. The Morgan fingerprint density at radius 3 is 0.954 bits per heavy atom. The van der Waals surface area contributed by atoms with Gasteiger partial charge in [-0.25, -0.2) is 0 Å². The first-order valence-electron chi connectivity index (χ1n) is 44.4. The van der Waals surface area contributed by atoms with E-state index in [0.29, 0.717) is 43.2 Å². The number of hydrogen-bond donors (Lipinski definition) is 34. The van der Waals surface area contributed by atoms with Gasteiger partial charge >= 0.3 is 0 Å². The molecule has 34 N–H and O–H groups in total. The molecule has 2 heterocycles. The summed E-state index contributed by atoms with van der Waals surface area (Å²) in [6.45, 7) is -5.42. The normalized spacial score (nSPS) is 24.3. The van der Waals surface area contributed by atoms with Gasteiger partial charge in [0.15, 0.2) is 81.7 Å². The molecule has 2 fully saturated rings.